The molecule has 1 saturated heterocycles. The zero-order chi connectivity index (χ0) is 21.0. The number of benzene rings is 1. The average Bonchev–Trinajstić information content (AvgIpc) is 3.17. The Balaban J connectivity index is 1.66. The van der Waals surface area contributed by atoms with Gasteiger partial charge in [0.15, 0.2) is 0 Å². The summed E-state index contributed by atoms with van der Waals surface area (Å²) in [5.41, 5.74) is 3.09. The van der Waals surface area contributed by atoms with Crippen LogP contribution in [0.4, 0.5) is 5.82 Å². The summed E-state index contributed by atoms with van der Waals surface area (Å²) in [5.74, 6) is 1.87. The number of aryl methyl sites for hydroxylation is 1. The van der Waals surface area contributed by atoms with Crippen LogP contribution in [-0.4, -0.2) is 60.6 Å². The first-order valence-corrected chi connectivity index (χ1v) is 10.2. The largest absolute Gasteiger partial charge is 0.494 e. The average molecular weight is 398 g/mol. The highest BCUT2D eigenvalue weighted by molar-refractivity contribution is 5.90. The molecule has 7 heteroatoms. The first-order valence-electron chi connectivity index (χ1n) is 10.2. The Kier molecular flexibility index (Phi) is 6.69. The van der Waals surface area contributed by atoms with Crippen LogP contribution in [0.25, 0.3) is 0 Å². The minimum absolute atomic E-state index is 0.169. The van der Waals surface area contributed by atoms with E-state index >= 15 is 0 Å². The van der Waals surface area contributed by atoms with Crippen LogP contribution < -0.4 is 15.0 Å². The highest BCUT2D eigenvalue weighted by atomic mass is 16.5. The Morgan fingerprint density at radius 2 is 2.10 bits per heavy atom. The predicted molar refractivity (Wildman–Crippen MR) is 115 cm³/mol. The number of hydrogen-bond acceptors (Lipinski definition) is 6. The van der Waals surface area contributed by atoms with Gasteiger partial charge in [-0.05, 0) is 44.9 Å². The van der Waals surface area contributed by atoms with E-state index in [1.807, 2.05) is 32.9 Å². The van der Waals surface area contributed by atoms with Crippen molar-refractivity contribution in [3.63, 3.8) is 0 Å². The van der Waals surface area contributed by atoms with Gasteiger partial charge in [-0.2, -0.15) is 0 Å². The molecule has 1 aliphatic rings. The van der Waals surface area contributed by atoms with E-state index in [0.29, 0.717) is 12.6 Å². The molecular weight excluding hydrogens is 366 g/mol. The minimum Gasteiger partial charge on any atom is -0.494 e. The molecule has 1 fully saturated rings. The van der Waals surface area contributed by atoms with Crippen molar-refractivity contribution < 1.29 is 9.53 Å². The van der Waals surface area contributed by atoms with Crippen LogP contribution in [-0.2, 0) is 6.54 Å². The van der Waals surface area contributed by atoms with Crippen LogP contribution in [0.15, 0.2) is 24.3 Å². The van der Waals surface area contributed by atoms with Crippen molar-refractivity contribution in [3.05, 3.63) is 46.9 Å². The van der Waals surface area contributed by atoms with Crippen LogP contribution in [0, 0.1) is 13.8 Å². The van der Waals surface area contributed by atoms with Crippen LogP contribution in [0.5, 0.6) is 5.75 Å². The summed E-state index contributed by atoms with van der Waals surface area (Å²) >= 11 is 0. The van der Waals surface area contributed by atoms with Crippen LogP contribution in [0.2, 0.25) is 0 Å². The van der Waals surface area contributed by atoms with E-state index in [4.69, 9.17) is 4.74 Å². The van der Waals surface area contributed by atoms with E-state index < -0.39 is 0 Å². The molecule has 1 atom stereocenters. The Hall–Kier alpha value is -2.67. The molecule has 29 heavy (non-hydrogen) atoms. The Morgan fingerprint density at radius 3 is 2.83 bits per heavy atom. The van der Waals surface area contributed by atoms with Gasteiger partial charge in [0.05, 0.1) is 6.61 Å². The third-order valence-corrected chi connectivity index (χ3v) is 5.25. The topological polar surface area (TPSA) is 70.6 Å². The van der Waals surface area contributed by atoms with E-state index in [9.17, 15) is 4.79 Å². The van der Waals surface area contributed by atoms with Crippen molar-refractivity contribution in [1.82, 2.24) is 20.2 Å². The molecule has 0 unspecified atom stereocenters. The van der Waals surface area contributed by atoms with Crippen molar-refractivity contribution in [1.29, 1.82) is 0 Å². The van der Waals surface area contributed by atoms with Gasteiger partial charge in [0.25, 0.3) is 5.91 Å². The number of hydrogen-bond donors (Lipinski definition) is 1. The van der Waals surface area contributed by atoms with Crippen LogP contribution in [0.3, 0.4) is 0 Å². The predicted octanol–water partition coefficient (Wildman–Crippen LogP) is 2.56. The number of anilines is 1. The fraction of sp³-hybridized carbons (Fsp3) is 0.500. The van der Waals surface area contributed by atoms with Gasteiger partial charge in [-0.15, -0.1) is 0 Å². The zero-order valence-corrected chi connectivity index (χ0v) is 18.0. The highest BCUT2D eigenvalue weighted by Crippen LogP contribution is 2.24. The normalized spacial score (nSPS) is 16.2. The van der Waals surface area contributed by atoms with E-state index in [0.717, 1.165) is 48.9 Å². The van der Waals surface area contributed by atoms with Crippen molar-refractivity contribution in [2.45, 2.75) is 39.8 Å². The van der Waals surface area contributed by atoms with Gasteiger partial charge in [-0.25, -0.2) is 9.97 Å². The van der Waals surface area contributed by atoms with Gasteiger partial charge in [0.1, 0.15) is 11.6 Å². The third-order valence-electron chi connectivity index (χ3n) is 5.25. The molecule has 7 nitrogen and oxygen atoms in total. The lowest BCUT2D eigenvalue weighted by Gasteiger charge is -2.22. The number of rotatable bonds is 7. The molecule has 1 aliphatic heterocycles. The zero-order valence-electron chi connectivity index (χ0n) is 18.0. The van der Waals surface area contributed by atoms with Crippen LogP contribution >= 0.6 is 0 Å². The van der Waals surface area contributed by atoms with Crippen molar-refractivity contribution in [3.8, 4) is 5.75 Å². The first-order chi connectivity index (χ1) is 13.9. The smallest absolute Gasteiger partial charge is 0.291 e. The van der Waals surface area contributed by atoms with E-state index in [-0.39, 0.29) is 11.7 Å². The summed E-state index contributed by atoms with van der Waals surface area (Å²) in [6.07, 6.45) is 1.03. The number of nitrogens with zero attached hydrogens (tertiary/aromatic N) is 4. The number of aromatic nitrogens is 2. The second-order valence-electron chi connectivity index (χ2n) is 7.67. The Morgan fingerprint density at radius 1 is 1.31 bits per heavy atom. The number of nitrogens with one attached hydrogen (secondary N) is 1. The van der Waals surface area contributed by atoms with Gasteiger partial charge in [0.2, 0.25) is 5.82 Å². The molecule has 0 saturated carbocycles. The fourth-order valence-electron chi connectivity index (χ4n) is 3.51. The fourth-order valence-corrected chi connectivity index (χ4v) is 3.51. The summed E-state index contributed by atoms with van der Waals surface area (Å²) in [4.78, 5) is 25.1. The molecule has 1 amide bonds. The minimum atomic E-state index is -0.169. The number of ether oxygens (including phenoxy) is 1. The Bertz CT molecular complexity index is 868. The van der Waals surface area contributed by atoms with Gasteiger partial charge in [0, 0.05) is 51.0 Å². The SMILES string of the molecule is CCOc1cccc(CN[C@@H]2CCN(c3nc(C(=O)N(C)C)nc(C)c3C)C2)c1. The standard InChI is InChI=1S/C22H31N5O2/c1-6-29-19-9-7-8-17(12-19)13-23-18-10-11-27(14-18)21-15(2)16(3)24-20(25-21)22(28)26(4)5/h7-9,12,18,23H,6,10-11,13-14H2,1-5H3/t18-/m1/s1. The molecular formula is C22H31N5O2. The maximum atomic E-state index is 12.3. The maximum absolute atomic E-state index is 12.3. The number of carbonyl (C=O) groups excluding carboxylic acids is 1. The molecule has 2 aromatic rings. The molecule has 0 radical (unpaired) electrons. The molecule has 1 aromatic heterocycles. The van der Waals surface area contributed by atoms with Gasteiger partial charge < -0.3 is 19.9 Å². The number of carbonyl (C=O) groups is 1. The molecule has 1 aromatic carbocycles. The molecule has 2 heterocycles. The molecule has 0 spiro atoms. The van der Waals surface area contributed by atoms with E-state index in [1.165, 1.54) is 10.5 Å². The summed E-state index contributed by atoms with van der Waals surface area (Å²) in [6, 6.07) is 8.57. The number of amides is 1. The monoisotopic (exact) mass is 397 g/mol. The van der Waals surface area contributed by atoms with E-state index in [1.54, 1.807) is 14.1 Å². The summed E-state index contributed by atoms with van der Waals surface area (Å²) in [7, 11) is 3.44. The van der Waals surface area contributed by atoms with Crippen molar-refractivity contribution in [2.24, 2.45) is 0 Å². The van der Waals surface area contributed by atoms with Gasteiger partial charge in [-0.3, -0.25) is 4.79 Å². The second kappa shape index (κ2) is 9.22. The molecule has 1 N–H and O–H groups in total. The summed E-state index contributed by atoms with van der Waals surface area (Å²) in [6.45, 7) is 9.18. The molecule has 156 valence electrons. The van der Waals surface area contributed by atoms with Gasteiger partial charge >= 0.3 is 0 Å². The lowest BCUT2D eigenvalue weighted by Crippen LogP contribution is -2.33. The quantitative estimate of drug-likeness (QED) is 0.774. The maximum Gasteiger partial charge on any atom is 0.291 e. The second-order valence-corrected chi connectivity index (χ2v) is 7.67. The highest BCUT2D eigenvalue weighted by Gasteiger charge is 2.26. The molecule has 3 rings (SSSR count). The molecule has 0 aliphatic carbocycles. The summed E-state index contributed by atoms with van der Waals surface area (Å²) < 4.78 is 5.58. The lowest BCUT2D eigenvalue weighted by atomic mass is 10.2. The summed E-state index contributed by atoms with van der Waals surface area (Å²) in [5, 5.41) is 3.64. The Labute approximate surface area is 173 Å². The van der Waals surface area contributed by atoms with E-state index in [2.05, 4.69) is 32.3 Å². The van der Waals surface area contributed by atoms with Crippen LogP contribution in [0.1, 0.15) is 40.8 Å². The van der Waals surface area contributed by atoms with Crippen molar-refractivity contribution >= 4 is 11.7 Å². The first kappa shape index (κ1) is 21.0. The third kappa shape index (κ3) is 5.03. The lowest BCUT2D eigenvalue weighted by molar-refractivity contribution is 0.0815. The van der Waals surface area contributed by atoms with Gasteiger partial charge in [-0.1, -0.05) is 12.1 Å². The van der Waals surface area contributed by atoms with Crippen molar-refractivity contribution in [2.75, 3.05) is 38.7 Å². The molecule has 0 bridgehead atoms.